The molecule has 2 heterocycles. The van der Waals surface area contributed by atoms with Gasteiger partial charge >= 0.3 is 0 Å². The summed E-state index contributed by atoms with van der Waals surface area (Å²) < 4.78 is 1.13. The molecule has 1 aliphatic heterocycles. The van der Waals surface area contributed by atoms with Gasteiger partial charge in [0, 0.05) is 18.8 Å². The van der Waals surface area contributed by atoms with E-state index in [0.717, 1.165) is 20.9 Å². The van der Waals surface area contributed by atoms with Crippen molar-refractivity contribution >= 4 is 44.2 Å². The number of aromatic nitrogens is 1. The molecule has 1 amide bonds. The second-order valence-corrected chi connectivity index (χ2v) is 5.96. The number of amides is 1. The number of hydrogen-bond donors (Lipinski definition) is 0. The molecule has 0 N–H and O–H groups in total. The predicted molar refractivity (Wildman–Crippen MR) is 75.5 cm³/mol. The molecule has 1 aromatic heterocycles. The molecule has 0 bridgehead atoms. The number of thiazole rings is 1. The Bertz CT molecular complexity index is 610. The van der Waals surface area contributed by atoms with Gasteiger partial charge in [-0.2, -0.15) is 0 Å². The van der Waals surface area contributed by atoms with Crippen LogP contribution in [0.25, 0.3) is 10.2 Å². The Morgan fingerprint density at radius 2 is 2.39 bits per heavy atom. The first-order valence-electron chi connectivity index (χ1n) is 5.91. The first kappa shape index (κ1) is 11.9. The molecule has 18 heavy (non-hydrogen) atoms. The summed E-state index contributed by atoms with van der Waals surface area (Å²) in [6.45, 7) is 2.74. The second-order valence-electron chi connectivity index (χ2n) is 4.65. The van der Waals surface area contributed by atoms with E-state index < -0.39 is 0 Å². The molecule has 3 rings (SSSR count). The molecular weight excluding hydrogens is 268 g/mol. The van der Waals surface area contributed by atoms with Gasteiger partial charge in [0.15, 0.2) is 5.13 Å². The summed E-state index contributed by atoms with van der Waals surface area (Å²) in [6, 6.07) is 6.11. The topological polar surface area (TPSA) is 33.2 Å². The summed E-state index contributed by atoms with van der Waals surface area (Å²) >= 11 is 7.41. The number of rotatable bonds is 2. The number of carbonyl (C=O) groups excluding carboxylic acids is 1. The third-order valence-corrected chi connectivity index (χ3v) is 4.74. The monoisotopic (exact) mass is 280 g/mol. The van der Waals surface area contributed by atoms with Crippen molar-refractivity contribution < 1.29 is 4.79 Å². The molecule has 2 aromatic rings. The SMILES string of the molecule is Cc1cccc2sc(N3CC(CCl)CC3=O)nc12. The van der Waals surface area contributed by atoms with Crippen LogP contribution in [0.1, 0.15) is 12.0 Å². The summed E-state index contributed by atoms with van der Waals surface area (Å²) in [7, 11) is 0. The Kier molecular flexibility index (Phi) is 2.99. The van der Waals surface area contributed by atoms with Gasteiger partial charge in [0.2, 0.25) is 5.91 Å². The Balaban J connectivity index is 2.00. The zero-order valence-corrected chi connectivity index (χ0v) is 11.6. The Morgan fingerprint density at radius 3 is 3.06 bits per heavy atom. The van der Waals surface area contributed by atoms with Gasteiger partial charge < -0.3 is 0 Å². The van der Waals surface area contributed by atoms with Crippen molar-refractivity contribution in [3.8, 4) is 0 Å². The smallest absolute Gasteiger partial charge is 0.229 e. The minimum Gasteiger partial charge on any atom is -0.288 e. The largest absolute Gasteiger partial charge is 0.288 e. The molecule has 1 aliphatic rings. The van der Waals surface area contributed by atoms with Gasteiger partial charge in [0.05, 0.1) is 10.2 Å². The van der Waals surface area contributed by atoms with Crippen LogP contribution < -0.4 is 4.90 Å². The lowest BCUT2D eigenvalue weighted by Gasteiger charge is -2.11. The van der Waals surface area contributed by atoms with E-state index in [1.165, 1.54) is 0 Å². The van der Waals surface area contributed by atoms with Gasteiger partial charge in [0.25, 0.3) is 0 Å². The molecule has 1 atom stereocenters. The van der Waals surface area contributed by atoms with E-state index in [4.69, 9.17) is 11.6 Å². The molecule has 94 valence electrons. The summed E-state index contributed by atoms with van der Waals surface area (Å²) in [5.41, 5.74) is 2.15. The zero-order chi connectivity index (χ0) is 12.7. The number of carbonyl (C=O) groups is 1. The van der Waals surface area contributed by atoms with Crippen LogP contribution in [-0.2, 0) is 4.79 Å². The Hall–Kier alpha value is -1.13. The van der Waals surface area contributed by atoms with Gasteiger partial charge in [-0.05, 0) is 24.5 Å². The standard InChI is InChI=1S/C13H13ClN2OS/c1-8-3-2-4-10-12(8)15-13(18-10)16-7-9(6-14)5-11(16)17/h2-4,9H,5-7H2,1H3. The number of hydrogen-bond acceptors (Lipinski definition) is 3. The van der Waals surface area contributed by atoms with Crippen LogP contribution in [0.3, 0.4) is 0 Å². The summed E-state index contributed by atoms with van der Waals surface area (Å²) in [5, 5.41) is 0.803. The van der Waals surface area contributed by atoms with Gasteiger partial charge in [-0.15, -0.1) is 11.6 Å². The molecule has 1 aromatic carbocycles. The first-order chi connectivity index (χ1) is 8.69. The van der Waals surface area contributed by atoms with Crippen molar-refractivity contribution in [2.24, 2.45) is 5.92 Å². The minimum atomic E-state index is 0.136. The lowest BCUT2D eigenvalue weighted by atomic mass is 10.2. The van der Waals surface area contributed by atoms with Gasteiger partial charge in [-0.25, -0.2) is 4.98 Å². The van der Waals surface area contributed by atoms with E-state index in [0.29, 0.717) is 18.8 Å². The van der Waals surface area contributed by atoms with E-state index in [-0.39, 0.29) is 11.8 Å². The fraction of sp³-hybridized carbons (Fsp3) is 0.385. The van der Waals surface area contributed by atoms with Crippen molar-refractivity contribution in [3.63, 3.8) is 0 Å². The van der Waals surface area contributed by atoms with E-state index in [1.54, 1.807) is 16.2 Å². The molecule has 3 nitrogen and oxygen atoms in total. The maximum atomic E-state index is 11.9. The number of para-hydroxylation sites is 1. The third kappa shape index (κ3) is 1.89. The Morgan fingerprint density at radius 1 is 1.56 bits per heavy atom. The fourth-order valence-corrected chi connectivity index (χ4v) is 3.54. The van der Waals surface area contributed by atoms with Crippen LogP contribution in [0, 0.1) is 12.8 Å². The van der Waals surface area contributed by atoms with Crippen molar-refractivity contribution in [3.05, 3.63) is 23.8 Å². The average molecular weight is 281 g/mol. The van der Waals surface area contributed by atoms with Crippen molar-refractivity contribution in [1.82, 2.24) is 4.98 Å². The molecule has 5 heteroatoms. The molecule has 0 radical (unpaired) electrons. The van der Waals surface area contributed by atoms with Gasteiger partial charge in [-0.1, -0.05) is 23.5 Å². The molecule has 0 aliphatic carbocycles. The highest BCUT2D eigenvalue weighted by molar-refractivity contribution is 7.22. The molecule has 0 spiro atoms. The van der Waals surface area contributed by atoms with Crippen molar-refractivity contribution in [2.75, 3.05) is 17.3 Å². The highest BCUT2D eigenvalue weighted by Crippen LogP contribution is 2.33. The molecule has 0 saturated carbocycles. The van der Waals surface area contributed by atoms with Crippen LogP contribution in [0.4, 0.5) is 5.13 Å². The van der Waals surface area contributed by atoms with Gasteiger partial charge in [-0.3, -0.25) is 9.69 Å². The van der Waals surface area contributed by atoms with Crippen LogP contribution in [0.5, 0.6) is 0 Å². The fourth-order valence-electron chi connectivity index (χ4n) is 2.26. The minimum absolute atomic E-state index is 0.136. The van der Waals surface area contributed by atoms with Crippen LogP contribution in [-0.4, -0.2) is 23.3 Å². The highest BCUT2D eigenvalue weighted by atomic mass is 35.5. The normalized spacial score (nSPS) is 20.0. The quantitative estimate of drug-likeness (QED) is 0.792. The summed E-state index contributed by atoms with van der Waals surface area (Å²) in [6.07, 6.45) is 0.540. The second kappa shape index (κ2) is 4.52. The van der Waals surface area contributed by atoms with E-state index >= 15 is 0 Å². The maximum Gasteiger partial charge on any atom is 0.229 e. The van der Waals surface area contributed by atoms with E-state index in [2.05, 4.69) is 4.98 Å². The number of aryl methyl sites for hydroxylation is 1. The average Bonchev–Trinajstić information content (AvgIpc) is 2.93. The predicted octanol–water partition coefficient (Wildman–Crippen LogP) is 3.20. The van der Waals surface area contributed by atoms with Crippen LogP contribution in [0.2, 0.25) is 0 Å². The van der Waals surface area contributed by atoms with Crippen molar-refractivity contribution in [1.29, 1.82) is 0 Å². The van der Waals surface area contributed by atoms with Crippen LogP contribution >= 0.6 is 22.9 Å². The van der Waals surface area contributed by atoms with E-state index in [1.807, 2.05) is 25.1 Å². The van der Waals surface area contributed by atoms with Gasteiger partial charge in [0.1, 0.15) is 0 Å². The van der Waals surface area contributed by atoms with Crippen molar-refractivity contribution in [2.45, 2.75) is 13.3 Å². The summed E-state index contributed by atoms with van der Waals surface area (Å²) in [4.78, 5) is 18.3. The molecular formula is C13H13ClN2OS. The number of anilines is 1. The maximum absolute atomic E-state index is 11.9. The number of alkyl halides is 1. The molecule has 1 fully saturated rings. The molecule has 1 unspecified atom stereocenters. The molecule has 1 saturated heterocycles. The number of benzene rings is 1. The Labute approximate surface area is 114 Å². The zero-order valence-electron chi connectivity index (χ0n) is 10.0. The van der Waals surface area contributed by atoms with Crippen LogP contribution in [0.15, 0.2) is 18.2 Å². The number of nitrogens with zero attached hydrogens (tertiary/aromatic N) is 2. The number of halogens is 1. The number of fused-ring (bicyclic) bond motifs is 1. The van der Waals surface area contributed by atoms with E-state index in [9.17, 15) is 4.79 Å². The first-order valence-corrected chi connectivity index (χ1v) is 7.26. The lowest BCUT2D eigenvalue weighted by molar-refractivity contribution is -0.117. The third-order valence-electron chi connectivity index (χ3n) is 3.26. The highest BCUT2D eigenvalue weighted by Gasteiger charge is 2.31. The lowest BCUT2D eigenvalue weighted by Crippen LogP contribution is -2.24. The summed E-state index contributed by atoms with van der Waals surface area (Å²) in [5.74, 6) is 0.927.